The third kappa shape index (κ3) is 2.17. The summed E-state index contributed by atoms with van der Waals surface area (Å²) in [7, 11) is 0. The molecular weight excluding hydrogens is 240 g/mol. The van der Waals surface area contributed by atoms with Crippen molar-refractivity contribution in [2.75, 3.05) is 13.2 Å². The van der Waals surface area contributed by atoms with E-state index in [-0.39, 0.29) is 23.9 Å². The Labute approximate surface area is 113 Å². The van der Waals surface area contributed by atoms with Crippen LogP contribution in [0.1, 0.15) is 31.4 Å². The number of rotatable bonds is 2. The second-order valence-electron chi connectivity index (χ2n) is 5.94. The van der Waals surface area contributed by atoms with Crippen LogP contribution in [0.15, 0.2) is 35.9 Å². The first-order valence-corrected chi connectivity index (χ1v) is 6.82. The lowest BCUT2D eigenvalue weighted by Gasteiger charge is -2.47. The van der Waals surface area contributed by atoms with Crippen LogP contribution in [0.3, 0.4) is 0 Å². The number of fused-ring (bicyclic) bond motifs is 2. The molecule has 0 spiro atoms. The van der Waals surface area contributed by atoms with Crippen LogP contribution in [0, 0.1) is 11.3 Å². The molecule has 1 aliphatic carbocycles. The number of hydrogen-bond acceptors (Lipinski definition) is 3. The summed E-state index contributed by atoms with van der Waals surface area (Å²) in [5, 5.41) is 19.0. The standard InChI is InChI=1S/C16H20O3/c1-11-6-7-16(9-17)8-14(11)15(19-10-16)12-2-4-13(18)5-3-12/h2-6,14-15,17-18H,7-10H2,1H3/t14?,15-,16+/m1/s1. The molecule has 3 atom stereocenters. The van der Waals surface area contributed by atoms with Crippen molar-refractivity contribution in [2.24, 2.45) is 11.3 Å². The number of phenols is 1. The predicted octanol–water partition coefficient (Wildman–Crippen LogP) is 2.80. The molecule has 0 aromatic heterocycles. The summed E-state index contributed by atoms with van der Waals surface area (Å²) in [5.41, 5.74) is 2.36. The second kappa shape index (κ2) is 4.66. The summed E-state index contributed by atoms with van der Waals surface area (Å²) in [6.45, 7) is 2.94. The van der Waals surface area contributed by atoms with Crippen molar-refractivity contribution in [1.82, 2.24) is 0 Å². The van der Waals surface area contributed by atoms with Crippen molar-refractivity contribution in [3.8, 4) is 5.75 Å². The van der Waals surface area contributed by atoms with Crippen LogP contribution in [0.4, 0.5) is 0 Å². The molecular formula is C16H20O3. The first-order chi connectivity index (χ1) is 9.13. The van der Waals surface area contributed by atoms with Crippen molar-refractivity contribution >= 4 is 0 Å². The highest BCUT2D eigenvalue weighted by atomic mass is 16.5. The zero-order valence-electron chi connectivity index (χ0n) is 11.2. The molecule has 1 saturated heterocycles. The number of hydrogen-bond donors (Lipinski definition) is 2. The SMILES string of the molecule is CC1=CC[C@]2(CO)CO[C@H](c3ccc(O)cc3)C1C2. The molecule has 1 aromatic carbocycles. The van der Waals surface area contributed by atoms with Crippen LogP contribution >= 0.6 is 0 Å². The Bertz CT molecular complexity index is 491. The van der Waals surface area contributed by atoms with E-state index in [0.717, 1.165) is 18.4 Å². The molecule has 0 saturated carbocycles. The third-order valence-corrected chi connectivity index (χ3v) is 4.59. The lowest BCUT2D eigenvalue weighted by molar-refractivity contribution is -0.113. The smallest absolute Gasteiger partial charge is 0.115 e. The van der Waals surface area contributed by atoms with Gasteiger partial charge >= 0.3 is 0 Å². The van der Waals surface area contributed by atoms with E-state index in [4.69, 9.17) is 4.74 Å². The van der Waals surface area contributed by atoms with Crippen molar-refractivity contribution in [2.45, 2.75) is 25.9 Å². The zero-order valence-corrected chi connectivity index (χ0v) is 11.2. The van der Waals surface area contributed by atoms with Gasteiger partial charge in [-0.2, -0.15) is 0 Å². The van der Waals surface area contributed by atoms with Gasteiger partial charge in [-0.3, -0.25) is 0 Å². The molecule has 3 rings (SSSR count). The summed E-state index contributed by atoms with van der Waals surface area (Å²) in [6, 6.07) is 7.25. The Kier molecular flexibility index (Phi) is 3.11. The van der Waals surface area contributed by atoms with E-state index in [1.165, 1.54) is 5.57 Å². The largest absolute Gasteiger partial charge is 0.508 e. The average Bonchev–Trinajstić information content (AvgIpc) is 2.45. The molecule has 1 fully saturated rings. The molecule has 2 bridgehead atoms. The number of aromatic hydroxyl groups is 1. The highest BCUT2D eigenvalue weighted by Crippen LogP contribution is 2.50. The quantitative estimate of drug-likeness (QED) is 0.804. The average molecular weight is 260 g/mol. The van der Waals surface area contributed by atoms with E-state index in [2.05, 4.69) is 13.0 Å². The molecule has 1 unspecified atom stereocenters. The molecule has 102 valence electrons. The summed E-state index contributed by atoms with van der Waals surface area (Å²) in [6.07, 6.45) is 4.18. The van der Waals surface area contributed by atoms with Gasteiger partial charge in [-0.15, -0.1) is 0 Å². The molecule has 3 nitrogen and oxygen atoms in total. The fourth-order valence-corrected chi connectivity index (χ4v) is 3.25. The Morgan fingerprint density at radius 3 is 2.74 bits per heavy atom. The monoisotopic (exact) mass is 260 g/mol. The summed E-state index contributed by atoms with van der Waals surface area (Å²) < 4.78 is 6.05. The molecule has 3 heteroatoms. The second-order valence-corrected chi connectivity index (χ2v) is 5.94. The van der Waals surface area contributed by atoms with E-state index in [1.807, 2.05) is 12.1 Å². The maximum absolute atomic E-state index is 9.63. The Hall–Kier alpha value is -1.32. The molecule has 1 aromatic rings. The lowest BCUT2D eigenvalue weighted by Crippen LogP contribution is -2.43. The van der Waals surface area contributed by atoms with Gasteiger partial charge in [-0.25, -0.2) is 0 Å². The van der Waals surface area contributed by atoms with Crippen molar-refractivity contribution in [3.63, 3.8) is 0 Å². The van der Waals surface area contributed by atoms with E-state index in [0.29, 0.717) is 12.5 Å². The topological polar surface area (TPSA) is 49.7 Å². The fraction of sp³-hybridized carbons (Fsp3) is 0.500. The highest BCUT2D eigenvalue weighted by molar-refractivity contribution is 5.30. The molecule has 1 aliphatic heterocycles. The summed E-state index contributed by atoms with van der Waals surface area (Å²) >= 11 is 0. The van der Waals surface area contributed by atoms with Gasteiger partial charge in [0, 0.05) is 11.3 Å². The molecule has 2 N–H and O–H groups in total. The van der Waals surface area contributed by atoms with Gasteiger partial charge in [0.1, 0.15) is 5.75 Å². The van der Waals surface area contributed by atoms with E-state index in [1.54, 1.807) is 12.1 Å². The number of allylic oxidation sites excluding steroid dienone is 1. The predicted molar refractivity (Wildman–Crippen MR) is 72.8 cm³/mol. The van der Waals surface area contributed by atoms with Gasteiger partial charge in [0.2, 0.25) is 0 Å². The third-order valence-electron chi connectivity index (χ3n) is 4.59. The van der Waals surface area contributed by atoms with E-state index < -0.39 is 0 Å². The zero-order chi connectivity index (χ0) is 13.5. The summed E-state index contributed by atoms with van der Waals surface area (Å²) in [4.78, 5) is 0. The number of aliphatic hydroxyl groups excluding tert-OH is 1. The molecule has 0 radical (unpaired) electrons. The number of phenolic OH excluding ortho intramolecular Hbond substituents is 1. The van der Waals surface area contributed by atoms with E-state index >= 15 is 0 Å². The van der Waals surface area contributed by atoms with Crippen LogP contribution in [0.2, 0.25) is 0 Å². The minimum absolute atomic E-state index is 0.0387. The van der Waals surface area contributed by atoms with Crippen molar-refractivity contribution < 1.29 is 14.9 Å². The molecule has 0 amide bonds. The highest BCUT2D eigenvalue weighted by Gasteiger charge is 2.44. The number of ether oxygens (including phenoxy) is 1. The van der Waals surface area contributed by atoms with Gasteiger partial charge < -0.3 is 14.9 Å². The van der Waals surface area contributed by atoms with Crippen LogP contribution < -0.4 is 0 Å². The lowest BCUT2D eigenvalue weighted by atomic mass is 9.67. The Morgan fingerprint density at radius 1 is 1.32 bits per heavy atom. The Balaban J connectivity index is 1.91. The van der Waals surface area contributed by atoms with Gasteiger partial charge in [0.05, 0.1) is 19.3 Å². The minimum atomic E-state index is -0.0857. The van der Waals surface area contributed by atoms with Crippen LogP contribution in [0.25, 0.3) is 0 Å². The van der Waals surface area contributed by atoms with Gasteiger partial charge in [-0.1, -0.05) is 23.8 Å². The molecule has 2 aliphatic rings. The van der Waals surface area contributed by atoms with Crippen molar-refractivity contribution in [1.29, 1.82) is 0 Å². The van der Waals surface area contributed by atoms with Crippen LogP contribution in [-0.4, -0.2) is 23.4 Å². The molecule has 1 heterocycles. The number of aliphatic hydroxyl groups is 1. The number of benzene rings is 1. The van der Waals surface area contributed by atoms with Gasteiger partial charge in [0.15, 0.2) is 0 Å². The fourth-order valence-electron chi connectivity index (χ4n) is 3.25. The first-order valence-electron chi connectivity index (χ1n) is 6.82. The van der Waals surface area contributed by atoms with Crippen molar-refractivity contribution in [3.05, 3.63) is 41.5 Å². The minimum Gasteiger partial charge on any atom is -0.508 e. The van der Waals surface area contributed by atoms with E-state index in [9.17, 15) is 10.2 Å². The maximum atomic E-state index is 9.63. The van der Waals surface area contributed by atoms with Gasteiger partial charge in [0.25, 0.3) is 0 Å². The Morgan fingerprint density at radius 2 is 2.05 bits per heavy atom. The maximum Gasteiger partial charge on any atom is 0.115 e. The summed E-state index contributed by atoms with van der Waals surface area (Å²) in [5.74, 6) is 0.611. The van der Waals surface area contributed by atoms with Gasteiger partial charge in [-0.05, 0) is 37.5 Å². The normalized spacial score (nSPS) is 33.9. The molecule has 19 heavy (non-hydrogen) atoms. The first kappa shape index (κ1) is 12.7. The van der Waals surface area contributed by atoms with Crippen LogP contribution in [-0.2, 0) is 4.74 Å². The van der Waals surface area contributed by atoms with Crippen LogP contribution in [0.5, 0.6) is 5.75 Å².